The molecule has 0 saturated heterocycles. The second kappa shape index (κ2) is 2.35. The molecule has 0 bridgehead atoms. The molecular weight excluding hydrogens is 136 g/mol. The Labute approximate surface area is 65.5 Å². The fourth-order valence-electron chi connectivity index (χ4n) is 1.12. The van der Waals surface area contributed by atoms with Crippen LogP contribution in [0.15, 0.2) is 18.3 Å². The Hall–Kier alpha value is -1.36. The summed E-state index contributed by atoms with van der Waals surface area (Å²) >= 11 is 0. The molecule has 1 aromatic rings. The molecule has 2 heteroatoms. The molecule has 0 unspecified atom stereocenters. The van der Waals surface area contributed by atoms with Gasteiger partial charge in [-0.2, -0.15) is 5.26 Å². The Morgan fingerprint density at radius 3 is 3.00 bits per heavy atom. The van der Waals surface area contributed by atoms with Crippen molar-refractivity contribution in [2.45, 2.75) is 18.8 Å². The molecule has 1 fully saturated rings. The number of aromatic nitrogens is 1. The van der Waals surface area contributed by atoms with Crippen LogP contribution in [0.3, 0.4) is 0 Å². The van der Waals surface area contributed by atoms with E-state index in [9.17, 15) is 0 Å². The highest BCUT2D eigenvalue weighted by atomic mass is 14.7. The predicted octanol–water partition coefficient (Wildman–Crippen LogP) is 1.83. The minimum Gasteiger partial charge on any atom is -0.261 e. The molecule has 1 saturated carbocycles. The van der Waals surface area contributed by atoms with Crippen LogP contribution in [-0.4, -0.2) is 4.98 Å². The van der Waals surface area contributed by atoms with Crippen LogP contribution >= 0.6 is 0 Å². The number of hydrogen-bond acceptors (Lipinski definition) is 2. The maximum Gasteiger partial charge on any atom is 0.0992 e. The van der Waals surface area contributed by atoms with Gasteiger partial charge in [0.1, 0.15) is 0 Å². The number of nitrogens with zero attached hydrogens (tertiary/aromatic N) is 2. The van der Waals surface area contributed by atoms with Crippen molar-refractivity contribution in [3.05, 3.63) is 29.6 Å². The van der Waals surface area contributed by atoms with Crippen LogP contribution in [0.4, 0.5) is 0 Å². The normalized spacial score (nSPS) is 15.9. The van der Waals surface area contributed by atoms with Gasteiger partial charge in [-0.15, -0.1) is 0 Å². The minimum atomic E-state index is 0.642. The Morgan fingerprint density at radius 1 is 1.55 bits per heavy atom. The van der Waals surface area contributed by atoms with Crippen molar-refractivity contribution >= 4 is 0 Å². The van der Waals surface area contributed by atoms with E-state index in [0.29, 0.717) is 5.92 Å². The molecule has 1 aromatic heterocycles. The topological polar surface area (TPSA) is 36.7 Å². The van der Waals surface area contributed by atoms with Gasteiger partial charge in [-0.05, 0) is 25.0 Å². The van der Waals surface area contributed by atoms with Gasteiger partial charge in [0.15, 0.2) is 0 Å². The van der Waals surface area contributed by atoms with Crippen LogP contribution in [0, 0.1) is 11.3 Å². The van der Waals surface area contributed by atoms with Gasteiger partial charge in [0, 0.05) is 17.8 Å². The monoisotopic (exact) mass is 144 g/mol. The van der Waals surface area contributed by atoms with Gasteiger partial charge in [0.2, 0.25) is 0 Å². The van der Waals surface area contributed by atoms with Gasteiger partial charge in [-0.1, -0.05) is 0 Å². The molecule has 0 N–H and O–H groups in total. The van der Waals surface area contributed by atoms with Crippen molar-refractivity contribution in [1.29, 1.82) is 5.26 Å². The lowest BCUT2D eigenvalue weighted by molar-refractivity contribution is 1.02. The van der Waals surface area contributed by atoms with E-state index in [1.165, 1.54) is 12.8 Å². The number of hydrogen-bond donors (Lipinski definition) is 0. The van der Waals surface area contributed by atoms with Crippen molar-refractivity contribution in [2.75, 3.05) is 0 Å². The Morgan fingerprint density at radius 2 is 2.36 bits per heavy atom. The van der Waals surface area contributed by atoms with Crippen molar-refractivity contribution in [2.24, 2.45) is 0 Å². The summed E-state index contributed by atoms with van der Waals surface area (Å²) in [6.07, 6.45) is 4.19. The second-order valence-corrected chi connectivity index (χ2v) is 2.86. The number of nitriles is 1. The molecule has 1 aliphatic carbocycles. The first kappa shape index (κ1) is 6.36. The molecule has 0 aromatic carbocycles. The summed E-state index contributed by atoms with van der Waals surface area (Å²) in [5.74, 6) is 0.642. The molecule has 0 aliphatic heterocycles. The Kier molecular flexibility index (Phi) is 1.36. The van der Waals surface area contributed by atoms with Crippen LogP contribution in [0.2, 0.25) is 0 Å². The summed E-state index contributed by atoms with van der Waals surface area (Å²) in [5.41, 5.74) is 1.81. The quantitative estimate of drug-likeness (QED) is 0.603. The van der Waals surface area contributed by atoms with E-state index in [4.69, 9.17) is 5.26 Å². The third-order valence-electron chi connectivity index (χ3n) is 1.91. The fourth-order valence-corrected chi connectivity index (χ4v) is 1.12. The lowest BCUT2D eigenvalue weighted by Crippen LogP contribution is -1.85. The summed E-state index contributed by atoms with van der Waals surface area (Å²) in [5, 5.41) is 8.59. The van der Waals surface area contributed by atoms with Gasteiger partial charge in [0.05, 0.1) is 11.6 Å². The van der Waals surface area contributed by atoms with Gasteiger partial charge in [-0.25, -0.2) is 0 Å². The molecular formula is C9H8N2. The second-order valence-electron chi connectivity index (χ2n) is 2.86. The Bertz CT molecular complexity index is 308. The van der Waals surface area contributed by atoms with Crippen LogP contribution in [0.25, 0.3) is 0 Å². The molecule has 54 valence electrons. The van der Waals surface area contributed by atoms with E-state index in [1.54, 1.807) is 12.3 Å². The summed E-state index contributed by atoms with van der Waals surface area (Å²) in [4.78, 5) is 4.20. The van der Waals surface area contributed by atoms with E-state index in [-0.39, 0.29) is 0 Å². The lowest BCUT2D eigenvalue weighted by atomic mass is 10.2. The molecule has 1 aliphatic rings. The molecule has 0 amide bonds. The average molecular weight is 144 g/mol. The fraction of sp³-hybridized carbons (Fsp3) is 0.333. The lowest BCUT2D eigenvalue weighted by Gasteiger charge is -1.94. The molecule has 0 radical (unpaired) electrons. The van der Waals surface area contributed by atoms with Crippen LogP contribution in [-0.2, 0) is 0 Å². The van der Waals surface area contributed by atoms with Crippen LogP contribution in [0.1, 0.15) is 30.0 Å². The third kappa shape index (κ3) is 1.22. The summed E-state index contributed by atoms with van der Waals surface area (Å²) in [6.45, 7) is 0. The van der Waals surface area contributed by atoms with Crippen molar-refractivity contribution in [1.82, 2.24) is 4.98 Å². The maximum absolute atomic E-state index is 8.59. The van der Waals surface area contributed by atoms with Gasteiger partial charge in [-0.3, -0.25) is 4.98 Å². The van der Waals surface area contributed by atoms with E-state index < -0.39 is 0 Å². The molecule has 0 atom stereocenters. The molecule has 2 rings (SSSR count). The van der Waals surface area contributed by atoms with Crippen LogP contribution in [0.5, 0.6) is 0 Å². The largest absolute Gasteiger partial charge is 0.261 e. The predicted molar refractivity (Wildman–Crippen MR) is 40.9 cm³/mol. The Balaban J connectivity index is 2.35. The SMILES string of the molecule is N#Cc1ccnc(C2CC2)c1. The van der Waals surface area contributed by atoms with Gasteiger partial charge < -0.3 is 0 Å². The standard InChI is InChI=1S/C9H8N2/c10-6-7-3-4-11-9(5-7)8-1-2-8/h3-5,8H,1-2H2. The van der Waals surface area contributed by atoms with Gasteiger partial charge >= 0.3 is 0 Å². The molecule has 1 heterocycles. The first-order chi connectivity index (χ1) is 5.40. The first-order valence-corrected chi connectivity index (χ1v) is 3.76. The van der Waals surface area contributed by atoms with Crippen molar-refractivity contribution in [3.8, 4) is 6.07 Å². The van der Waals surface area contributed by atoms with E-state index in [1.807, 2.05) is 6.07 Å². The highest BCUT2D eigenvalue weighted by molar-refractivity contribution is 5.31. The van der Waals surface area contributed by atoms with Crippen molar-refractivity contribution < 1.29 is 0 Å². The van der Waals surface area contributed by atoms with Crippen LogP contribution < -0.4 is 0 Å². The minimum absolute atomic E-state index is 0.642. The smallest absolute Gasteiger partial charge is 0.0992 e. The summed E-state index contributed by atoms with van der Waals surface area (Å²) in [6, 6.07) is 5.74. The van der Waals surface area contributed by atoms with E-state index >= 15 is 0 Å². The number of rotatable bonds is 1. The van der Waals surface area contributed by atoms with E-state index in [2.05, 4.69) is 11.1 Å². The van der Waals surface area contributed by atoms with Crippen molar-refractivity contribution in [3.63, 3.8) is 0 Å². The zero-order valence-electron chi connectivity index (χ0n) is 6.12. The number of pyridine rings is 1. The average Bonchev–Trinajstić information content (AvgIpc) is 2.87. The summed E-state index contributed by atoms with van der Waals surface area (Å²) < 4.78 is 0. The zero-order chi connectivity index (χ0) is 7.68. The highest BCUT2D eigenvalue weighted by Gasteiger charge is 2.24. The molecule has 0 spiro atoms. The van der Waals surface area contributed by atoms with E-state index in [0.717, 1.165) is 11.3 Å². The molecule has 2 nitrogen and oxygen atoms in total. The summed E-state index contributed by atoms with van der Waals surface area (Å²) in [7, 11) is 0. The first-order valence-electron chi connectivity index (χ1n) is 3.76. The highest BCUT2D eigenvalue weighted by Crippen LogP contribution is 2.38. The molecule has 11 heavy (non-hydrogen) atoms. The zero-order valence-corrected chi connectivity index (χ0v) is 6.12. The maximum atomic E-state index is 8.59. The van der Waals surface area contributed by atoms with Gasteiger partial charge in [0.25, 0.3) is 0 Å². The third-order valence-corrected chi connectivity index (χ3v) is 1.91.